The van der Waals surface area contributed by atoms with E-state index in [1.54, 1.807) is 39.0 Å². The summed E-state index contributed by atoms with van der Waals surface area (Å²) in [5.41, 5.74) is -1.69. The van der Waals surface area contributed by atoms with Gasteiger partial charge in [-0.05, 0) is 37.0 Å². The molecular formula is C26H31F2NO7. The Bertz CT molecular complexity index is 1120. The lowest BCUT2D eigenvalue weighted by atomic mass is 9.79. The van der Waals surface area contributed by atoms with Crippen molar-refractivity contribution < 1.29 is 37.4 Å². The number of amides is 1. The van der Waals surface area contributed by atoms with Gasteiger partial charge in [-0.15, -0.1) is 0 Å². The number of halogens is 2. The summed E-state index contributed by atoms with van der Waals surface area (Å²) in [6, 6.07) is 7.64. The van der Waals surface area contributed by atoms with E-state index < -0.39 is 47.3 Å². The number of carbonyl (C=O) groups excluding carboxylic acids is 2. The molecule has 1 aromatic heterocycles. The van der Waals surface area contributed by atoms with Crippen LogP contribution in [0.1, 0.15) is 61.2 Å². The highest BCUT2D eigenvalue weighted by Gasteiger charge is 2.34. The van der Waals surface area contributed by atoms with Crippen LogP contribution in [0.4, 0.5) is 13.6 Å². The topological polar surface area (TPSA) is 115 Å². The highest BCUT2D eigenvalue weighted by Crippen LogP contribution is 2.31. The van der Waals surface area contributed by atoms with Crippen molar-refractivity contribution in [1.82, 2.24) is 5.32 Å². The zero-order valence-corrected chi connectivity index (χ0v) is 20.7. The molecule has 1 heterocycles. The standard InChI is InChI=1S/C26H31F2NO7/c1-16(7-5-6-12-29-25(33)34-4)20-13-19(30)22(24(32)36-20)23(31)26(2,3)14-17-8-10-18(11-9-17)35-15-21(27)28/h6,8-13,16,21,30H,5,7,14-15H2,1-4H3,(H,29,33)/b12-6+. The first-order chi connectivity index (χ1) is 16.9. The first kappa shape index (κ1) is 28.5. The molecule has 0 saturated carbocycles. The van der Waals surface area contributed by atoms with Crippen molar-refractivity contribution in [2.45, 2.75) is 52.4 Å². The van der Waals surface area contributed by atoms with Gasteiger partial charge in [0.15, 0.2) is 5.78 Å². The second kappa shape index (κ2) is 12.9. The lowest BCUT2D eigenvalue weighted by molar-refractivity contribution is 0.0815. The first-order valence-corrected chi connectivity index (χ1v) is 11.4. The smallest absolute Gasteiger partial charge is 0.410 e. The number of benzene rings is 1. The van der Waals surface area contributed by atoms with Crippen LogP contribution in [0, 0.1) is 5.41 Å². The molecule has 196 valence electrons. The second-order valence-electron chi connectivity index (χ2n) is 8.95. The molecule has 2 rings (SSSR count). The number of hydrogen-bond donors (Lipinski definition) is 2. The number of nitrogens with one attached hydrogen (secondary N) is 1. The molecule has 1 aromatic carbocycles. The van der Waals surface area contributed by atoms with Gasteiger partial charge in [0.2, 0.25) is 0 Å². The number of aromatic hydroxyl groups is 1. The van der Waals surface area contributed by atoms with Crippen LogP contribution >= 0.6 is 0 Å². The zero-order valence-electron chi connectivity index (χ0n) is 20.7. The maximum Gasteiger partial charge on any atom is 0.410 e. The number of allylic oxidation sites excluding steroid dienone is 1. The predicted octanol–water partition coefficient (Wildman–Crippen LogP) is 5.19. The molecule has 36 heavy (non-hydrogen) atoms. The van der Waals surface area contributed by atoms with Crippen molar-refractivity contribution in [1.29, 1.82) is 0 Å². The molecule has 8 nitrogen and oxygen atoms in total. The Morgan fingerprint density at radius 1 is 1.22 bits per heavy atom. The number of hydrogen-bond acceptors (Lipinski definition) is 7. The summed E-state index contributed by atoms with van der Waals surface area (Å²) in [5.74, 6) is -0.760. The summed E-state index contributed by atoms with van der Waals surface area (Å²) >= 11 is 0. The van der Waals surface area contributed by atoms with Gasteiger partial charge < -0.3 is 19.0 Å². The van der Waals surface area contributed by atoms with Crippen molar-refractivity contribution in [3.05, 3.63) is 69.9 Å². The van der Waals surface area contributed by atoms with Crippen LogP contribution in [-0.2, 0) is 11.2 Å². The number of rotatable bonds is 12. The monoisotopic (exact) mass is 507 g/mol. The van der Waals surface area contributed by atoms with Crippen LogP contribution < -0.4 is 15.7 Å². The number of alkyl carbamates (subject to hydrolysis) is 1. The molecule has 0 aliphatic heterocycles. The Morgan fingerprint density at radius 2 is 1.89 bits per heavy atom. The van der Waals surface area contributed by atoms with Gasteiger partial charge in [-0.25, -0.2) is 18.4 Å². The Hall–Kier alpha value is -3.69. The second-order valence-corrected chi connectivity index (χ2v) is 8.95. The van der Waals surface area contributed by atoms with Crippen molar-refractivity contribution in [3.63, 3.8) is 0 Å². The van der Waals surface area contributed by atoms with Crippen molar-refractivity contribution in [2.24, 2.45) is 5.41 Å². The molecule has 1 atom stereocenters. The van der Waals surface area contributed by atoms with Gasteiger partial charge in [0.05, 0.1) is 7.11 Å². The van der Waals surface area contributed by atoms with E-state index >= 15 is 0 Å². The van der Waals surface area contributed by atoms with Gasteiger partial charge >= 0.3 is 11.7 Å². The fourth-order valence-electron chi connectivity index (χ4n) is 3.50. The van der Waals surface area contributed by atoms with Crippen LogP contribution in [0.5, 0.6) is 11.5 Å². The third-order valence-electron chi connectivity index (χ3n) is 5.49. The molecule has 0 fully saturated rings. The van der Waals surface area contributed by atoms with Gasteiger partial charge in [-0.2, -0.15) is 0 Å². The molecule has 0 saturated heterocycles. The van der Waals surface area contributed by atoms with Crippen LogP contribution in [0.2, 0.25) is 0 Å². The van der Waals surface area contributed by atoms with E-state index in [2.05, 4.69) is 10.1 Å². The minimum absolute atomic E-state index is 0.226. The number of Topliss-reactive ketones (excluding diaryl/α,β-unsaturated/α-hetero) is 1. The number of alkyl halides is 2. The van der Waals surface area contributed by atoms with Crippen molar-refractivity contribution in [2.75, 3.05) is 13.7 Å². The molecule has 1 amide bonds. The highest BCUT2D eigenvalue weighted by atomic mass is 19.3. The summed E-state index contributed by atoms with van der Waals surface area (Å²) in [7, 11) is 1.25. The molecule has 0 radical (unpaired) electrons. The normalized spacial score (nSPS) is 12.5. The number of ether oxygens (including phenoxy) is 2. The minimum atomic E-state index is -2.58. The van der Waals surface area contributed by atoms with Crippen LogP contribution in [-0.4, -0.2) is 37.1 Å². The van der Waals surface area contributed by atoms with Crippen molar-refractivity contribution >= 4 is 11.9 Å². The Balaban J connectivity index is 2.08. The molecule has 1 unspecified atom stereocenters. The average molecular weight is 508 g/mol. The van der Waals surface area contributed by atoms with Gasteiger partial charge in [-0.3, -0.25) is 10.1 Å². The van der Waals surface area contributed by atoms with E-state index in [0.717, 1.165) is 5.56 Å². The molecule has 2 aromatic rings. The van der Waals surface area contributed by atoms with Crippen molar-refractivity contribution in [3.8, 4) is 11.5 Å². The molecule has 0 bridgehead atoms. The lowest BCUT2D eigenvalue weighted by Gasteiger charge is -2.23. The zero-order chi connectivity index (χ0) is 26.9. The highest BCUT2D eigenvalue weighted by molar-refractivity contribution is 6.02. The number of methoxy groups -OCH3 is 1. The summed E-state index contributed by atoms with van der Waals surface area (Å²) in [4.78, 5) is 36.8. The summed E-state index contributed by atoms with van der Waals surface area (Å²) in [6.07, 6.45) is 1.32. The summed E-state index contributed by atoms with van der Waals surface area (Å²) < 4.78 is 39.3. The van der Waals surface area contributed by atoms with E-state index in [9.17, 15) is 28.3 Å². The third kappa shape index (κ3) is 8.21. The van der Waals surface area contributed by atoms with Crippen LogP contribution in [0.25, 0.3) is 0 Å². The molecule has 0 spiro atoms. The maximum atomic E-state index is 13.2. The lowest BCUT2D eigenvalue weighted by Crippen LogP contribution is -2.31. The van der Waals surface area contributed by atoms with E-state index in [4.69, 9.17) is 9.15 Å². The fourth-order valence-corrected chi connectivity index (χ4v) is 3.50. The Kier molecular flexibility index (Phi) is 10.2. The summed E-state index contributed by atoms with van der Waals surface area (Å²) in [5, 5.41) is 12.9. The predicted molar refractivity (Wildman–Crippen MR) is 129 cm³/mol. The molecule has 2 N–H and O–H groups in total. The summed E-state index contributed by atoms with van der Waals surface area (Å²) in [6.45, 7) is 4.37. The fraction of sp³-hybridized carbons (Fsp3) is 0.423. The van der Waals surface area contributed by atoms with E-state index in [-0.39, 0.29) is 23.8 Å². The van der Waals surface area contributed by atoms with E-state index in [1.165, 1.54) is 31.5 Å². The minimum Gasteiger partial charge on any atom is -0.507 e. The maximum absolute atomic E-state index is 13.2. The first-order valence-electron chi connectivity index (χ1n) is 11.4. The quantitative estimate of drug-likeness (QED) is 0.380. The number of carbonyl (C=O) groups is 2. The molecule has 0 aliphatic carbocycles. The average Bonchev–Trinajstić information content (AvgIpc) is 2.82. The van der Waals surface area contributed by atoms with E-state index in [1.807, 2.05) is 0 Å². The van der Waals surface area contributed by atoms with Crippen LogP contribution in [0.15, 0.2) is 51.8 Å². The molecule has 0 aliphatic rings. The number of ketones is 1. The molecule has 10 heteroatoms. The SMILES string of the molecule is COC(=O)N/C=C/CCC(C)c1cc(O)c(C(=O)C(C)(C)Cc2ccc(OCC(F)F)cc2)c(=O)o1. The third-order valence-corrected chi connectivity index (χ3v) is 5.49. The van der Waals surface area contributed by atoms with Crippen LogP contribution in [0.3, 0.4) is 0 Å². The van der Waals surface area contributed by atoms with Gasteiger partial charge in [0, 0.05) is 23.6 Å². The van der Waals surface area contributed by atoms with Gasteiger partial charge in [0.1, 0.15) is 29.4 Å². The Morgan fingerprint density at radius 3 is 2.47 bits per heavy atom. The van der Waals surface area contributed by atoms with Gasteiger partial charge in [0.25, 0.3) is 6.43 Å². The largest absolute Gasteiger partial charge is 0.507 e. The molecular weight excluding hydrogens is 476 g/mol. The van der Waals surface area contributed by atoms with Gasteiger partial charge in [-0.1, -0.05) is 39.0 Å². The van der Waals surface area contributed by atoms with E-state index in [0.29, 0.717) is 12.8 Å². The Labute approximate surface area is 207 Å².